The summed E-state index contributed by atoms with van der Waals surface area (Å²) in [5.74, 6) is -2.09. The van der Waals surface area contributed by atoms with Gasteiger partial charge in [0.15, 0.2) is 6.29 Å². The van der Waals surface area contributed by atoms with Crippen molar-refractivity contribution in [3.63, 3.8) is 0 Å². The molecule has 0 aromatic carbocycles. The SMILES string of the molecule is O=C([O-])C(O)C(O)C(O[C@@H]1O[C@H](CO)[C@H](O)C(O)[C@H]1O)C(O)CO.[K+]. The van der Waals surface area contributed by atoms with Gasteiger partial charge in [0.05, 0.1) is 19.2 Å². The Balaban J connectivity index is 0.00000576. The number of carboxylic acids is 1. The summed E-state index contributed by atoms with van der Waals surface area (Å²) in [6.45, 7) is -1.79. The number of carbonyl (C=O) groups excluding carboxylic acids is 1. The Morgan fingerprint density at radius 1 is 1.08 bits per heavy atom. The van der Waals surface area contributed by atoms with Gasteiger partial charge in [-0.25, -0.2) is 0 Å². The quantitative estimate of drug-likeness (QED) is 0.179. The standard InChI is InChI=1S/C12H22O12.K/c13-1-3(15)10(7(18)8(19)11(21)22)24-12-9(20)6(17)5(16)4(2-14)23-12;/h3-10,12-20H,1-2H2,(H,21,22);/q;+1/p-1/t3?,4-,5+,6?,7?,8?,9-,10?,12+;/m1./s1. The molecule has 8 N–H and O–H groups in total. The van der Waals surface area contributed by atoms with E-state index >= 15 is 0 Å². The second-order valence-electron chi connectivity index (χ2n) is 5.30. The molecule has 1 aliphatic heterocycles. The zero-order valence-electron chi connectivity index (χ0n) is 13.3. The molecule has 1 heterocycles. The summed E-state index contributed by atoms with van der Waals surface area (Å²) >= 11 is 0. The number of rotatable bonds is 8. The molecule has 13 heteroatoms. The van der Waals surface area contributed by atoms with E-state index in [1.54, 1.807) is 0 Å². The molecule has 5 unspecified atom stereocenters. The van der Waals surface area contributed by atoms with Crippen molar-refractivity contribution in [2.75, 3.05) is 13.2 Å². The van der Waals surface area contributed by atoms with Crippen molar-refractivity contribution in [3.05, 3.63) is 0 Å². The number of aliphatic carboxylic acids is 1. The molecular formula is C12H21KO12. The van der Waals surface area contributed by atoms with Gasteiger partial charge in [-0.15, -0.1) is 0 Å². The number of aliphatic hydroxyl groups is 8. The van der Waals surface area contributed by atoms with Crippen LogP contribution in [0, 0.1) is 0 Å². The van der Waals surface area contributed by atoms with Crippen molar-refractivity contribution in [1.29, 1.82) is 0 Å². The molecule has 0 aromatic heterocycles. The maximum atomic E-state index is 10.6. The van der Waals surface area contributed by atoms with Gasteiger partial charge < -0.3 is 60.2 Å². The van der Waals surface area contributed by atoms with Crippen molar-refractivity contribution >= 4 is 5.97 Å². The van der Waals surface area contributed by atoms with E-state index in [4.69, 9.17) is 19.7 Å². The van der Waals surface area contributed by atoms with Crippen LogP contribution in [0.5, 0.6) is 0 Å². The molecular weight excluding hydrogens is 375 g/mol. The molecule has 12 nitrogen and oxygen atoms in total. The molecule has 0 aromatic rings. The molecule has 0 spiro atoms. The van der Waals surface area contributed by atoms with E-state index in [2.05, 4.69) is 0 Å². The van der Waals surface area contributed by atoms with Crippen molar-refractivity contribution < 1.29 is 112 Å². The third kappa shape index (κ3) is 6.37. The van der Waals surface area contributed by atoms with E-state index in [0.717, 1.165) is 0 Å². The molecule has 1 aliphatic rings. The van der Waals surface area contributed by atoms with Crippen LogP contribution in [0.4, 0.5) is 0 Å². The Morgan fingerprint density at radius 2 is 1.64 bits per heavy atom. The zero-order valence-corrected chi connectivity index (χ0v) is 16.4. The number of hydrogen-bond donors (Lipinski definition) is 8. The number of hydrogen-bond acceptors (Lipinski definition) is 12. The largest absolute Gasteiger partial charge is 1.00 e. The van der Waals surface area contributed by atoms with Crippen LogP contribution >= 0.6 is 0 Å². The van der Waals surface area contributed by atoms with E-state index in [9.17, 15) is 40.5 Å². The summed E-state index contributed by atoms with van der Waals surface area (Å²) in [6.07, 6.45) is -17.3. The Hall–Kier alpha value is 0.706. The summed E-state index contributed by atoms with van der Waals surface area (Å²) in [6, 6.07) is 0. The molecule has 0 amide bonds. The first-order valence-corrected chi connectivity index (χ1v) is 6.97. The summed E-state index contributed by atoms with van der Waals surface area (Å²) in [5.41, 5.74) is 0. The number of ether oxygens (including phenoxy) is 2. The predicted molar refractivity (Wildman–Crippen MR) is 68.8 cm³/mol. The monoisotopic (exact) mass is 396 g/mol. The van der Waals surface area contributed by atoms with Crippen LogP contribution in [0.3, 0.4) is 0 Å². The summed E-state index contributed by atoms with van der Waals surface area (Å²) < 4.78 is 9.94. The van der Waals surface area contributed by atoms with E-state index < -0.39 is 74.3 Å². The van der Waals surface area contributed by atoms with E-state index in [1.165, 1.54) is 0 Å². The summed E-state index contributed by atoms with van der Waals surface area (Å²) in [7, 11) is 0. The number of carbonyl (C=O) groups is 1. The topological polar surface area (TPSA) is 220 Å². The Kier molecular flexibility index (Phi) is 11.9. The third-order valence-corrected chi connectivity index (χ3v) is 3.61. The molecule has 9 atom stereocenters. The molecule has 0 radical (unpaired) electrons. The van der Waals surface area contributed by atoms with Gasteiger partial charge in [0.1, 0.15) is 48.8 Å². The van der Waals surface area contributed by atoms with E-state index in [-0.39, 0.29) is 51.4 Å². The summed E-state index contributed by atoms with van der Waals surface area (Å²) in [4.78, 5) is 10.6. The maximum absolute atomic E-state index is 10.6. The fourth-order valence-electron chi connectivity index (χ4n) is 2.16. The maximum Gasteiger partial charge on any atom is 1.00 e. The molecule has 0 bridgehead atoms. The van der Waals surface area contributed by atoms with Gasteiger partial charge in [-0.2, -0.15) is 0 Å². The van der Waals surface area contributed by atoms with E-state index in [1.807, 2.05) is 0 Å². The molecule has 1 fully saturated rings. The second-order valence-corrected chi connectivity index (χ2v) is 5.30. The van der Waals surface area contributed by atoms with Crippen LogP contribution in [-0.2, 0) is 14.3 Å². The first-order valence-electron chi connectivity index (χ1n) is 6.97. The smallest absolute Gasteiger partial charge is 0.547 e. The van der Waals surface area contributed by atoms with Crippen molar-refractivity contribution in [3.8, 4) is 0 Å². The summed E-state index contributed by atoms with van der Waals surface area (Å²) in [5, 5.41) is 86.3. The van der Waals surface area contributed by atoms with Crippen molar-refractivity contribution in [2.24, 2.45) is 0 Å². The minimum atomic E-state index is -2.50. The van der Waals surface area contributed by atoms with Gasteiger partial charge >= 0.3 is 51.4 Å². The van der Waals surface area contributed by atoms with Gasteiger partial charge in [0, 0.05) is 0 Å². The molecule has 25 heavy (non-hydrogen) atoms. The Bertz CT molecular complexity index is 410. The van der Waals surface area contributed by atoms with Gasteiger partial charge in [0.25, 0.3) is 0 Å². The second kappa shape index (κ2) is 11.5. The first kappa shape index (κ1) is 25.7. The average Bonchev–Trinajstić information content (AvgIpc) is 2.57. The minimum absolute atomic E-state index is 0. The first-order chi connectivity index (χ1) is 11.1. The van der Waals surface area contributed by atoms with Gasteiger partial charge in [-0.3, -0.25) is 0 Å². The fraction of sp³-hybridized carbons (Fsp3) is 0.917. The van der Waals surface area contributed by atoms with Crippen LogP contribution in [0.2, 0.25) is 0 Å². The molecule has 142 valence electrons. The average molecular weight is 396 g/mol. The van der Waals surface area contributed by atoms with Gasteiger partial charge in [-0.1, -0.05) is 0 Å². The minimum Gasteiger partial charge on any atom is -0.547 e. The Labute approximate surface area is 184 Å². The van der Waals surface area contributed by atoms with Gasteiger partial charge in [0.2, 0.25) is 0 Å². The molecule has 0 saturated carbocycles. The van der Waals surface area contributed by atoms with E-state index in [0.29, 0.717) is 0 Å². The molecule has 1 saturated heterocycles. The fourth-order valence-corrected chi connectivity index (χ4v) is 2.16. The number of aliphatic hydroxyl groups excluding tert-OH is 8. The molecule has 0 aliphatic carbocycles. The zero-order chi connectivity index (χ0) is 18.6. The van der Waals surface area contributed by atoms with Gasteiger partial charge in [-0.05, 0) is 0 Å². The van der Waals surface area contributed by atoms with Crippen molar-refractivity contribution in [2.45, 2.75) is 55.1 Å². The van der Waals surface area contributed by atoms with Crippen molar-refractivity contribution in [1.82, 2.24) is 0 Å². The number of carboxylic acid groups (broad SMARTS) is 1. The van der Waals surface area contributed by atoms with Crippen LogP contribution in [0.15, 0.2) is 0 Å². The Morgan fingerprint density at radius 3 is 2.08 bits per heavy atom. The normalized spacial score (nSPS) is 34.5. The predicted octanol–water partition coefficient (Wildman–Crippen LogP) is -10.00. The van der Waals surface area contributed by atoms with Crippen LogP contribution in [-0.4, -0.2) is 115 Å². The third-order valence-electron chi connectivity index (χ3n) is 3.61. The van der Waals surface area contributed by atoms with Crippen LogP contribution < -0.4 is 56.5 Å². The van der Waals surface area contributed by atoms with Crippen LogP contribution in [0.1, 0.15) is 0 Å². The van der Waals surface area contributed by atoms with Crippen LogP contribution in [0.25, 0.3) is 0 Å². The molecule has 1 rings (SSSR count).